The van der Waals surface area contributed by atoms with Crippen LogP contribution in [0.3, 0.4) is 0 Å². The Bertz CT molecular complexity index is 1500. The molecule has 0 spiro atoms. The molecule has 202 valence electrons. The minimum absolute atomic E-state index is 0.0840. The number of rotatable bonds is 9. The number of amides is 1. The summed E-state index contributed by atoms with van der Waals surface area (Å²) in [7, 11) is 0. The predicted molar refractivity (Wildman–Crippen MR) is 154 cm³/mol. The number of halogens is 1. The summed E-state index contributed by atoms with van der Waals surface area (Å²) < 4.78 is 5.45. The molecule has 7 nitrogen and oxygen atoms in total. The Kier molecular flexibility index (Phi) is 8.74. The van der Waals surface area contributed by atoms with Crippen molar-refractivity contribution in [3.8, 4) is 0 Å². The van der Waals surface area contributed by atoms with Crippen molar-refractivity contribution in [2.75, 3.05) is 37.8 Å². The fourth-order valence-corrected chi connectivity index (χ4v) is 5.03. The number of hydrogen-bond acceptors (Lipinski definition) is 5. The molecule has 0 bridgehead atoms. The van der Waals surface area contributed by atoms with E-state index in [0.717, 1.165) is 36.3 Å². The summed E-state index contributed by atoms with van der Waals surface area (Å²) in [4.78, 5) is 34.8. The number of anilines is 1. The summed E-state index contributed by atoms with van der Waals surface area (Å²) in [5.41, 5.74) is 4.09. The van der Waals surface area contributed by atoms with Crippen LogP contribution in [-0.2, 0) is 24.2 Å². The van der Waals surface area contributed by atoms with Crippen molar-refractivity contribution in [1.29, 1.82) is 0 Å². The zero-order chi connectivity index (χ0) is 27.2. The number of nitrogens with one attached hydrogen (secondary N) is 1. The van der Waals surface area contributed by atoms with Crippen LogP contribution in [0, 0.1) is 0 Å². The third-order valence-corrected chi connectivity index (χ3v) is 7.28. The maximum Gasteiger partial charge on any atom is 0.264 e. The molecular weight excluding hydrogens is 514 g/mol. The van der Waals surface area contributed by atoms with E-state index in [1.807, 2.05) is 54.6 Å². The van der Waals surface area contributed by atoms with Gasteiger partial charge in [0.25, 0.3) is 5.91 Å². The minimum Gasteiger partial charge on any atom is -0.396 e. The summed E-state index contributed by atoms with van der Waals surface area (Å²) in [5.74, 6) is -0.383. The second-order valence-corrected chi connectivity index (χ2v) is 10.3. The van der Waals surface area contributed by atoms with Gasteiger partial charge in [-0.3, -0.25) is 14.5 Å². The molecule has 5 rings (SSSR count). The van der Waals surface area contributed by atoms with E-state index in [1.54, 1.807) is 17.0 Å². The molecule has 1 aliphatic heterocycles. The highest BCUT2D eigenvalue weighted by Gasteiger charge is 2.23. The van der Waals surface area contributed by atoms with E-state index in [4.69, 9.17) is 16.3 Å². The smallest absolute Gasteiger partial charge is 0.264 e. The van der Waals surface area contributed by atoms with Crippen molar-refractivity contribution < 1.29 is 14.6 Å². The van der Waals surface area contributed by atoms with E-state index in [9.17, 15) is 14.7 Å². The number of hydrogen-bond donors (Lipinski definition) is 2. The molecule has 1 amide bonds. The highest BCUT2D eigenvalue weighted by atomic mass is 35.5. The quantitative estimate of drug-likeness (QED) is 0.316. The first kappa shape index (κ1) is 27.1. The molecule has 1 aromatic heterocycles. The number of aryl methyl sites for hydroxylation is 1. The number of H-pyrrole nitrogens is 1. The second-order valence-electron chi connectivity index (χ2n) is 9.81. The van der Waals surface area contributed by atoms with E-state index in [0.29, 0.717) is 47.7 Å². The Morgan fingerprint density at radius 2 is 1.77 bits per heavy atom. The summed E-state index contributed by atoms with van der Waals surface area (Å²) >= 11 is 6.09. The predicted octanol–water partition coefficient (Wildman–Crippen LogP) is 4.79. The molecule has 0 unspecified atom stereocenters. The Labute approximate surface area is 232 Å². The number of morpholine rings is 1. The molecule has 2 heterocycles. The van der Waals surface area contributed by atoms with E-state index in [2.05, 4.69) is 9.88 Å². The number of ether oxygens (including phenoxy) is 1. The number of carbonyl (C=O) groups excluding carboxylic acids is 1. The second kappa shape index (κ2) is 12.6. The number of aromatic amines is 1. The van der Waals surface area contributed by atoms with Crippen molar-refractivity contribution in [3.05, 3.63) is 110 Å². The van der Waals surface area contributed by atoms with Gasteiger partial charge in [0.05, 0.1) is 19.8 Å². The zero-order valence-electron chi connectivity index (χ0n) is 21.7. The van der Waals surface area contributed by atoms with Crippen LogP contribution >= 0.6 is 11.6 Å². The van der Waals surface area contributed by atoms with Crippen LogP contribution in [0.4, 0.5) is 5.69 Å². The fourth-order valence-electron chi connectivity index (χ4n) is 4.90. The van der Waals surface area contributed by atoms with Gasteiger partial charge in [-0.25, -0.2) is 0 Å². The van der Waals surface area contributed by atoms with E-state index < -0.39 is 0 Å². The Morgan fingerprint density at radius 1 is 1.00 bits per heavy atom. The van der Waals surface area contributed by atoms with Crippen LogP contribution in [-0.4, -0.2) is 53.8 Å². The monoisotopic (exact) mass is 545 g/mol. The molecule has 0 atom stereocenters. The van der Waals surface area contributed by atoms with Gasteiger partial charge < -0.3 is 19.7 Å². The first-order valence-corrected chi connectivity index (χ1v) is 13.6. The number of pyridine rings is 1. The molecule has 1 saturated heterocycles. The largest absolute Gasteiger partial charge is 0.396 e. The van der Waals surface area contributed by atoms with Gasteiger partial charge >= 0.3 is 0 Å². The van der Waals surface area contributed by atoms with Crippen LogP contribution in [0.1, 0.15) is 33.5 Å². The first-order valence-electron chi connectivity index (χ1n) is 13.2. The maximum absolute atomic E-state index is 14.0. The molecule has 0 aliphatic carbocycles. The SMILES string of the molecule is O=C(c1c[nH]c2ccc(CN3CCOCC3)cc2c1=O)N(Cc1ccc(Cl)cc1)c1cccc(CCCO)c1. The van der Waals surface area contributed by atoms with Crippen LogP contribution in [0.25, 0.3) is 10.9 Å². The third kappa shape index (κ3) is 6.57. The molecule has 4 aromatic rings. The number of aliphatic hydroxyl groups excluding tert-OH is 1. The Balaban J connectivity index is 1.50. The zero-order valence-corrected chi connectivity index (χ0v) is 22.5. The average molecular weight is 546 g/mol. The van der Waals surface area contributed by atoms with Gasteiger partial charge in [0, 0.05) is 54.1 Å². The van der Waals surface area contributed by atoms with Crippen LogP contribution < -0.4 is 10.3 Å². The summed E-state index contributed by atoms with van der Waals surface area (Å²) in [6, 6.07) is 20.8. The van der Waals surface area contributed by atoms with Crippen LogP contribution in [0.15, 0.2) is 77.7 Å². The Hall–Kier alpha value is -3.49. The summed E-state index contributed by atoms with van der Waals surface area (Å²) in [6.07, 6.45) is 2.83. The van der Waals surface area contributed by atoms with Crippen LogP contribution in [0.2, 0.25) is 5.02 Å². The molecule has 1 fully saturated rings. The van der Waals surface area contributed by atoms with Crippen molar-refractivity contribution in [3.63, 3.8) is 0 Å². The lowest BCUT2D eigenvalue weighted by molar-refractivity contribution is 0.0342. The summed E-state index contributed by atoms with van der Waals surface area (Å²) in [6.45, 7) is 4.20. The first-order chi connectivity index (χ1) is 19.0. The number of carbonyl (C=O) groups is 1. The molecule has 3 aromatic carbocycles. The molecule has 1 aliphatic rings. The highest BCUT2D eigenvalue weighted by Crippen LogP contribution is 2.23. The van der Waals surface area contributed by atoms with Gasteiger partial charge in [-0.15, -0.1) is 0 Å². The Morgan fingerprint density at radius 3 is 2.54 bits per heavy atom. The number of benzene rings is 3. The lowest BCUT2D eigenvalue weighted by atomic mass is 10.1. The highest BCUT2D eigenvalue weighted by molar-refractivity contribution is 6.30. The van der Waals surface area contributed by atoms with Gasteiger partial charge in [0.1, 0.15) is 5.56 Å². The number of aromatic nitrogens is 1. The minimum atomic E-state index is -0.383. The van der Waals surface area contributed by atoms with Crippen molar-refractivity contribution in [1.82, 2.24) is 9.88 Å². The van der Waals surface area contributed by atoms with Gasteiger partial charge in [-0.05, 0) is 65.9 Å². The van der Waals surface area contributed by atoms with Gasteiger partial charge in [0.15, 0.2) is 0 Å². The van der Waals surface area contributed by atoms with Crippen molar-refractivity contribution in [2.45, 2.75) is 25.9 Å². The molecule has 39 heavy (non-hydrogen) atoms. The average Bonchev–Trinajstić information content (AvgIpc) is 2.96. The topological polar surface area (TPSA) is 85.9 Å². The van der Waals surface area contributed by atoms with Gasteiger partial charge in [-0.2, -0.15) is 0 Å². The van der Waals surface area contributed by atoms with E-state index >= 15 is 0 Å². The lowest BCUT2D eigenvalue weighted by Crippen LogP contribution is -2.35. The summed E-state index contributed by atoms with van der Waals surface area (Å²) in [5, 5.41) is 10.4. The van der Waals surface area contributed by atoms with Gasteiger partial charge in [-0.1, -0.05) is 41.9 Å². The third-order valence-electron chi connectivity index (χ3n) is 7.03. The normalized spacial score (nSPS) is 14.0. The van der Waals surface area contributed by atoms with Gasteiger partial charge in [0.2, 0.25) is 5.43 Å². The fraction of sp³-hybridized carbons (Fsp3) is 0.290. The molecule has 0 saturated carbocycles. The standard InChI is InChI=1S/C31H32ClN3O4/c32-25-9-6-23(7-10-25)21-35(26-5-1-3-22(17-26)4-2-14-36)31(38)28-19-33-29-11-8-24(18-27(29)30(28)37)20-34-12-15-39-16-13-34/h1,3,5-11,17-19,36H,2,4,12-16,20-21H2,(H,33,37). The maximum atomic E-state index is 14.0. The molecular formula is C31H32ClN3O4. The number of fused-ring (bicyclic) bond motifs is 1. The lowest BCUT2D eigenvalue weighted by Gasteiger charge is -2.26. The number of nitrogens with zero attached hydrogens (tertiary/aromatic N) is 2. The number of aliphatic hydroxyl groups is 1. The van der Waals surface area contributed by atoms with Crippen molar-refractivity contribution in [2.24, 2.45) is 0 Å². The van der Waals surface area contributed by atoms with E-state index in [-0.39, 0.29) is 30.1 Å². The van der Waals surface area contributed by atoms with Crippen molar-refractivity contribution >= 4 is 34.1 Å². The van der Waals surface area contributed by atoms with Crippen LogP contribution in [0.5, 0.6) is 0 Å². The molecule has 2 N–H and O–H groups in total. The molecule has 8 heteroatoms. The molecule has 0 radical (unpaired) electrons. The van der Waals surface area contributed by atoms with E-state index in [1.165, 1.54) is 6.20 Å².